The first kappa shape index (κ1) is 20.3. The predicted octanol–water partition coefficient (Wildman–Crippen LogP) is 6.06. The Balaban J connectivity index is 1.79. The summed E-state index contributed by atoms with van der Waals surface area (Å²) in [4.78, 5) is 10.6. The SMILES string of the molecule is C[C@H](CCC(=O)O)Oc1c(F)cc(-c2cccc(Oc3ccccc3)c2)cc1F. The molecule has 0 aliphatic carbocycles. The van der Waals surface area contributed by atoms with Gasteiger partial charge in [-0.15, -0.1) is 0 Å². The highest BCUT2D eigenvalue weighted by Crippen LogP contribution is 2.32. The summed E-state index contributed by atoms with van der Waals surface area (Å²) >= 11 is 0. The van der Waals surface area contributed by atoms with Gasteiger partial charge in [0.05, 0.1) is 6.10 Å². The highest BCUT2D eigenvalue weighted by molar-refractivity contribution is 5.67. The average Bonchev–Trinajstić information content (AvgIpc) is 2.70. The fraction of sp³-hybridized carbons (Fsp3) is 0.174. The van der Waals surface area contributed by atoms with Crippen molar-refractivity contribution in [3.63, 3.8) is 0 Å². The van der Waals surface area contributed by atoms with Crippen molar-refractivity contribution in [1.29, 1.82) is 0 Å². The third kappa shape index (κ3) is 5.54. The quantitative estimate of drug-likeness (QED) is 0.501. The molecular weight excluding hydrogens is 378 g/mol. The fourth-order valence-electron chi connectivity index (χ4n) is 2.79. The largest absolute Gasteiger partial charge is 0.485 e. The minimum atomic E-state index is -0.991. The Hall–Kier alpha value is -3.41. The lowest BCUT2D eigenvalue weighted by atomic mass is 10.0. The molecule has 0 aliphatic heterocycles. The third-order valence-corrected chi connectivity index (χ3v) is 4.23. The maximum atomic E-state index is 14.5. The molecule has 3 aromatic carbocycles. The van der Waals surface area contributed by atoms with E-state index in [1.807, 2.05) is 30.3 Å². The number of rotatable bonds is 8. The Bertz CT molecular complexity index is 966. The predicted molar refractivity (Wildman–Crippen MR) is 105 cm³/mol. The number of hydrogen-bond acceptors (Lipinski definition) is 3. The first-order chi connectivity index (χ1) is 13.9. The van der Waals surface area contributed by atoms with E-state index in [1.54, 1.807) is 31.2 Å². The van der Waals surface area contributed by atoms with Crippen LogP contribution in [0.3, 0.4) is 0 Å². The van der Waals surface area contributed by atoms with Crippen LogP contribution < -0.4 is 9.47 Å². The topological polar surface area (TPSA) is 55.8 Å². The van der Waals surface area contributed by atoms with E-state index in [0.717, 1.165) is 0 Å². The van der Waals surface area contributed by atoms with Crippen LogP contribution in [0, 0.1) is 11.6 Å². The highest BCUT2D eigenvalue weighted by atomic mass is 19.1. The summed E-state index contributed by atoms with van der Waals surface area (Å²) in [6, 6.07) is 18.5. The van der Waals surface area contributed by atoms with Gasteiger partial charge in [0.15, 0.2) is 17.4 Å². The molecule has 6 heteroatoms. The number of ether oxygens (including phenoxy) is 2. The van der Waals surface area contributed by atoms with E-state index in [-0.39, 0.29) is 12.8 Å². The van der Waals surface area contributed by atoms with Crippen LogP contribution in [-0.2, 0) is 4.79 Å². The smallest absolute Gasteiger partial charge is 0.303 e. The molecule has 29 heavy (non-hydrogen) atoms. The van der Waals surface area contributed by atoms with Crippen molar-refractivity contribution in [1.82, 2.24) is 0 Å². The summed E-state index contributed by atoms with van der Waals surface area (Å²) in [6.45, 7) is 1.57. The van der Waals surface area contributed by atoms with Gasteiger partial charge in [0.2, 0.25) is 0 Å². The van der Waals surface area contributed by atoms with Crippen LogP contribution >= 0.6 is 0 Å². The van der Waals surface area contributed by atoms with Gasteiger partial charge in [0.1, 0.15) is 11.5 Å². The van der Waals surface area contributed by atoms with Crippen LogP contribution in [0.2, 0.25) is 0 Å². The van der Waals surface area contributed by atoms with Gasteiger partial charge >= 0.3 is 5.97 Å². The van der Waals surface area contributed by atoms with E-state index in [4.69, 9.17) is 14.6 Å². The number of aliphatic carboxylic acids is 1. The van der Waals surface area contributed by atoms with Crippen molar-refractivity contribution in [2.24, 2.45) is 0 Å². The van der Waals surface area contributed by atoms with Crippen LogP contribution in [-0.4, -0.2) is 17.2 Å². The standard InChI is InChI=1S/C23H20F2O4/c1-15(10-11-22(26)27)28-23-20(24)13-17(14-21(23)25)16-6-5-9-19(12-16)29-18-7-3-2-4-8-18/h2-9,12-15H,10-11H2,1H3,(H,26,27)/t15-/m1/s1. The molecule has 0 spiro atoms. The van der Waals surface area contributed by atoms with Gasteiger partial charge in [0.25, 0.3) is 0 Å². The lowest BCUT2D eigenvalue weighted by molar-refractivity contribution is -0.137. The fourth-order valence-corrected chi connectivity index (χ4v) is 2.79. The van der Waals surface area contributed by atoms with E-state index in [2.05, 4.69) is 0 Å². The number of para-hydroxylation sites is 1. The Morgan fingerprint density at radius 2 is 1.59 bits per heavy atom. The lowest BCUT2D eigenvalue weighted by Gasteiger charge is -2.16. The second-order valence-electron chi connectivity index (χ2n) is 6.57. The van der Waals surface area contributed by atoms with Gasteiger partial charge in [-0.3, -0.25) is 4.79 Å². The highest BCUT2D eigenvalue weighted by Gasteiger charge is 2.17. The maximum Gasteiger partial charge on any atom is 0.303 e. The van der Waals surface area contributed by atoms with Crippen LogP contribution in [0.4, 0.5) is 8.78 Å². The molecule has 0 fully saturated rings. The van der Waals surface area contributed by atoms with Gasteiger partial charge in [-0.1, -0.05) is 30.3 Å². The lowest BCUT2D eigenvalue weighted by Crippen LogP contribution is -2.15. The van der Waals surface area contributed by atoms with Crippen LogP contribution in [0.15, 0.2) is 66.7 Å². The molecule has 0 saturated heterocycles. The minimum Gasteiger partial charge on any atom is -0.485 e. The molecule has 0 aliphatic rings. The Morgan fingerprint density at radius 3 is 2.24 bits per heavy atom. The molecule has 3 rings (SSSR count). The Labute approximate surface area is 167 Å². The van der Waals surface area contributed by atoms with Crippen molar-refractivity contribution in [3.05, 3.63) is 78.4 Å². The number of hydrogen-bond donors (Lipinski definition) is 1. The molecule has 1 N–H and O–H groups in total. The van der Waals surface area contributed by atoms with E-state index in [9.17, 15) is 13.6 Å². The average molecular weight is 398 g/mol. The molecule has 0 radical (unpaired) electrons. The number of carbonyl (C=O) groups is 1. The van der Waals surface area contributed by atoms with Crippen molar-refractivity contribution in [3.8, 4) is 28.4 Å². The van der Waals surface area contributed by atoms with Gasteiger partial charge in [-0.25, -0.2) is 8.78 Å². The van der Waals surface area contributed by atoms with Crippen molar-refractivity contribution < 1.29 is 28.2 Å². The minimum absolute atomic E-state index is 0.142. The summed E-state index contributed by atoms with van der Waals surface area (Å²) < 4.78 is 40.0. The molecule has 0 heterocycles. The van der Waals surface area contributed by atoms with Crippen LogP contribution in [0.25, 0.3) is 11.1 Å². The van der Waals surface area contributed by atoms with Crippen molar-refractivity contribution in [2.75, 3.05) is 0 Å². The molecule has 150 valence electrons. The van der Waals surface area contributed by atoms with Gasteiger partial charge < -0.3 is 14.6 Å². The second kappa shape index (κ2) is 9.19. The monoisotopic (exact) mass is 398 g/mol. The first-order valence-corrected chi connectivity index (χ1v) is 9.13. The number of halogens is 2. The van der Waals surface area contributed by atoms with Crippen molar-refractivity contribution >= 4 is 5.97 Å². The van der Waals surface area contributed by atoms with Crippen molar-refractivity contribution in [2.45, 2.75) is 25.9 Å². The summed E-state index contributed by atoms with van der Waals surface area (Å²) in [7, 11) is 0. The Kier molecular flexibility index (Phi) is 6.44. The van der Waals surface area contributed by atoms with Gasteiger partial charge in [-0.2, -0.15) is 0 Å². The molecule has 3 aromatic rings. The summed E-state index contributed by atoms with van der Waals surface area (Å²) in [5.74, 6) is -2.01. The van der Waals surface area contributed by atoms with Gasteiger partial charge in [-0.05, 0) is 60.9 Å². The van der Waals surface area contributed by atoms with Crippen LogP contribution in [0.5, 0.6) is 17.2 Å². The normalized spacial score (nSPS) is 11.7. The zero-order chi connectivity index (χ0) is 20.8. The molecule has 0 bridgehead atoms. The molecule has 0 amide bonds. The zero-order valence-electron chi connectivity index (χ0n) is 15.8. The number of carboxylic acids is 1. The Morgan fingerprint density at radius 1 is 0.931 bits per heavy atom. The molecule has 4 nitrogen and oxygen atoms in total. The molecule has 0 unspecified atom stereocenters. The summed E-state index contributed by atoms with van der Waals surface area (Å²) in [6.07, 6.45) is -0.630. The number of carboxylic acid groups (broad SMARTS) is 1. The van der Waals surface area contributed by atoms with Gasteiger partial charge in [0, 0.05) is 6.42 Å². The maximum absolute atomic E-state index is 14.5. The van der Waals surface area contributed by atoms with E-state index in [0.29, 0.717) is 22.6 Å². The van der Waals surface area contributed by atoms with E-state index < -0.39 is 29.5 Å². The second-order valence-corrected chi connectivity index (χ2v) is 6.57. The third-order valence-electron chi connectivity index (χ3n) is 4.23. The molecule has 0 saturated carbocycles. The zero-order valence-corrected chi connectivity index (χ0v) is 15.8. The van der Waals surface area contributed by atoms with Crippen LogP contribution in [0.1, 0.15) is 19.8 Å². The summed E-state index contributed by atoms with van der Waals surface area (Å²) in [5, 5.41) is 8.70. The molecular formula is C23H20F2O4. The summed E-state index contributed by atoms with van der Waals surface area (Å²) in [5.41, 5.74) is 0.922. The molecule has 1 atom stereocenters. The first-order valence-electron chi connectivity index (χ1n) is 9.13. The molecule has 0 aromatic heterocycles. The van der Waals surface area contributed by atoms with E-state index in [1.165, 1.54) is 12.1 Å². The number of benzene rings is 3. The van der Waals surface area contributed by atoms with E-state index >= 15 is 0 Å².